The van der Waals surface area contributed by atoms with Crippen molar-refractivity contribution in [1.29, 1.82) is 0 Å². The summed E-state index contributed by atoms with van der Waals surface area (Å²) in [4.78, 5) is 15.6. The molecule has 2 aromatic carbocycles. The van der Waals surface area contributed by atoms with E-state index in [1.807, 2.05) is 43.9 Å². The van der Waals surface area contributed by atoms with Crippen molar-refractivity contribution in [3.8, 4) is 5.69 Å². The van der Waals surface area contributed by atoms with Crippen LogP contribution in [0.1, 0.15) is 49.6 Å². The molecular weight excluding hydrogens is 396 g/mol. The molecule has 3 aromatic rings. The number of hydrogen-bond donors (Lipinski definition) is 1. The molecule has 0 radical (unpaired) electrons. The zero-order valence-electron chi connectivity index (χ0n) is 19.4. The second kappa shape index (κ2) is 7.37. The first-order chi connectivity index (χ1) is 15.2. The summed E-state index contributed by atoms with van der Waals surface area (Å²) in [5, 5.41) is 8.61. The van der Waals surface area contributed by atoms with Gasteiger partial charge in [-0.25, -0.2) is 4.68 Å². The number of allylic oxidation sites excluding steroid dienone is 1. The molecular formula is C27H30N4O. The molecule has 0 spiro atoms. The molecule has 2 heterocycles. The summed E-state index contributed by atoms with van der Waals surface area (Å²) in [5.41, 5.74) is 7.29. The maximum absolute atomic E-state index is 13.5. The van der Waals surface area contributed by atoms with Crippen molar-refractivity contribution in [2.45, 2.75) is 39.7 Å². The number of benzene rings is 2. The number of aryl methyl sites for hydroxylation is 1. The van der Waals surface area contributed by atoms with Gasteiger partial charge in [-0.2, -0.15) is 5.10 Å². The van der Waals surface area contributed by atoms with E-state index in [0.29, 0.717) is 6.42 Å². The third-order valence-corrected chi connectivity index (χ3v) is 6.60. The predicted molar refractivity (Wildman–Crippen MR) is 130 cm³/mol. The molecule has 1 aliphatic heterocycles. The van der Waals surface area contributed by atoms with Gasteiger partial charge in [0.2, 0.25) is 0 Å². The van der Waals surface area contributed by atoms with Crippen LogP contribution in [-0.2, 0) is 4.79 Å². The summed E-state index contributed by atoms with van der Waals surface area (Å²) in [7, 11) is 4.07. The minimum absolute atomic E-state index is 0.0643. The molecule has 164 valence electrons. The first kappa shape index (κ1) is 20.6. The van der Waals surface area contributed by atoms with E-state index in [2.05, 4.69) is 60.5 Å². The Morgan fingerprint density at radius 3 is 2.38 bits per heavy atom. The largest absolute Gasteiger partial charge is 0.378 e. The number of aromatic nitrogens is 2. The smallest absolute Gasteiger partial charge is 0.162 e. The number of fused-ring (bicyclic) bond motifs is 2. The fraction of sp³-hybridized carbons (Fsp3) is 0.333. The lowest BCUT2D eigenvalue weighted by Crippen LogP contribution is -2.33. The molecule has 5 nitrogen and oxygen atoms in total. The summed E-state index contributed by atoms with van der Waals surface area (Å²) < 4.78 is 1.99. The van der Waals surface area contributed by atoms with E-state index in [-0.39, 0.29) is 17.2 Å². The lowest BCUT2D eigenvalue weighted by atomic mass is 9.68. The Kier molecular flexibility index (Phi) is 4.73. The molecule has 0 fully saturated rings. The second-order valence-corrected chi connectivity index (χ2v) is 9.95. The Balaban J connectivity index is 1.71. The van der Waals surface area contributed by atoms with Crippen LogP contribution in [-0.4, -0.2) is 29.7 Å². The predicted octanol–water partition coefficient (Wildman–Crippen LogP) is 5.56. The van der Waals surface area contributed by atoms with Crippen LogP contribution in [0.15, 0.2) is 60.2 Å². The highest BCUT2D eigenvalue weighted by Gasteiger charge is 2.42. The molecule has 1 aliphatic carbocycles. The highest BCUT2D eigenvalue weighted by Crippen LogP contribution is 2.51. The standard InChI is InChI=1S/C27H30N4O/c1-17-23-21-15-27(2,3)16-22(32)24(21)25(18-11-13-19(14-12-18)30(4)5)28-26(23)31(29-17)20-9-7-6-8-10-20/h6-14,25,28H,15-16H2,1-5H3/t25-/m1/s1. The quantitative estimate of drug-likeness (QED) is 0.596. The van der Waals surface area contributed by atoms with Crippen molar-refractivity contribution in [3.63, 3.8) is 0 Å². The van der Waals surface area contributed by atoms with Crippen molar-refractivity contribution in [2.24, 2.45) is 5.41 Å². The number of rotatable bonds is 3. The number of carbonyl (C=O) groups is 1. The molecule has 32 heavy (non-hydrogen) atoms. The van der Waals surface area contributed by atoms with Gasteiger partial charge >= 0.3 is 0 Å². The third-order valence-electron chi connectivity index (χ3n) is 6.60. The number of Topliss-reactive ketones (excluding diaryl/α,β-unsaturated/α-hetero) is 1. The zero-order chi connectivity index (χ0) is 22.6. The van der Waals surface area contributed by atoms with Gasteiger partial charge in [-0.1, -0.05) is 44.2 Å². The number of anilines is 2. The van der Waals surface area contributed by atoms with E-state index in [1.165, 1.54) is 0 Å². The Bertz CT molecular complexity index is 1220. The first-order valence-electron chi connectivity index (χ1n) is 11.2. The molecule has 2 aliphatic rings. The van der Waals surface area contributed by atoms with Gasteiger partial charge in [0, 0.05) is 37.3 Å². The van der Waals surface area contributed by atoms with Gasteiger partial charge in [-0.15, -0.1) is 0 Å². The van der Waals surface area contributed by atoms with Gasteiger partial charge in [0.15, 0.2) is 5.78 Å². The fourth-order valence-corrected chi connectivity index (χ4v) is 5.09. The SMILES string of the molecule is Cc1nn(-c2ccccc2)c2c1C1=C(C(=O)CC(C)(C)C1)[C@@H](c1ccc(N(C)C)cc1)N2. The van der Waals surface area contributed by atoms with Crippen molar-refractivity contribution >= 4 is 22.9 Å². The zero-order valence-corrected chi connectivity index (χ0v) is 19.4. The summed E-state index contributed by atoms with van der Waals surface area (Å²) in [6, 6.07) is 18.5. The van der Waals surface area contributed by atoms with Crippen molar-refractivity contribution in [3.05, 3.63) is 77.0 Å². The monoisotopic (exact) mass is 426 g/mol. The van der Waals surface area contributed by atoms with Crippen LogP contribution in [0.4, 0.5) is 11.5 Å². The first-order valence-corrected chi connectivity index (χ1v) is 11.2. The van der Waals surface area contributed by atoms with Gasteiger partial charge < -0.3 is 10.2 Å². The van der Waals surface area contributed by atoms with Crippen LogP contribution < -0.4 is 10.2 Å². The molecule has 5 rings (SSSR count). The number of carbonyl (C=O) groups excluding carboxylic acids is 1. The maximum atomic E-state index is 13.5. The van der Waals surface area contributed by atoms with Gasteiger partial charge in [-0.05, 0) is 54.2 Å². The van der Waals surface area contributed by atoms with E-state index < -0.39 is 0 Å². The fourth-order valence-electron chi connectivity index (χ4n) is 5.09. The van der Waals surface area contributed by atoms with Crippen molar-refractivity contribution < 1.29 is 4.79 Å². The van der Waals surface area contributed by atoms with E-state index in [1.54, 1.807) is 0 Å². The van der Waals surface area contributed by atoms with E-state index in [4.69, 9.17) is 5.10 Å². The molecule has 1 aromatic heterocycles. The molecule has 5 heteroatoms. The molecule has 0 unspecified atom stereocenters. The summed E-state index contributed by atoms with van der Waals surface area (Å²) >= 11 is 0. The normalized spacial score (nSPS) is 19.3. The van der Waals surface area contributed by atoms with Crippen LogP contribution in [0.2, 0.25) is 0 Å². The Morgan fingerprint density at radius 1 is 1.03 bits per heavy atom. The Morgan fingerprint density at radius 2 is 1.72 bits per heavy atom. The molecule has 0 saturated heterocycles. The lowest BCUT2D eigenvalue weighted by Gasteiger charge is -2.39. The van der Waals surface area contributed by atoms with Crippen LogP contribution in [0, 0.1) is 12.3 Å². The van der Waals surface area contributed by atoms with E-state index >= 15 is 0 Å². The summed E-state index contributed by atoms with van der Waals surface area (Å²) in [5.74, 6) is 1.21. The highest BCUT2D eigenvalue weighted by molar-refractivity contribution is 6.09. The van der Waals surface area contributed by atoms with E-state index in [9.17, 15) is 4.79 Å². The maximum Gasteiger partial charge on any atom is 0.162 e. The summed E-state index contributed by atoms with van der Waals surface area (Å²) in [6.45, 7) is 6.42. The molecule has 0 saturated carbocycles. The number of hydrogen-bond acceptors (Lipinski definition) is 4. The molecule has 0 bridgehead atoms. The average Bonchev–Trinajstić information content (AvgIpc) is 3.09. The number of nitrogens with zero attached hydrogens (tertiary/aromatic N) is 3. The number of nitrogens with one attached hydrogen (secondary N) is 1. The van der Waals surface area contributed by atoms with E-state index in [0.717, 1.165) is 51.6 Å². The second-order valence-electron chi connectivity index (χ2n) is 9.95. The lowest BCUT2D eigenvalue weighted by molar-refractivity contribution is -0.118. The Labute approximate surface area is 189 Å². The van der Waals surface area contributed by atoms with Crippen LogP contribution in [0.5, 0.6) is 0 Å². The third kappa shape index (κ3) is 3.32. The van der Waals surface area contributed by atoms with Crippen LogP contribution in [0.25, 0.3) is 11.3 Å². The van der Waals surface area contributed by atoms with Gasteiger partial charge in [0.25, 0.3) is 0 Å². The average molecular weight is 427 g/mol. The topological polar surface area (TPSA) is 50.2 Å². The number of ketones is 1. The highest BCUT2D eigenvalue weighted by atomic mass is 16.1. The van der Waals surface area contributed by atoms with Gasteiger partial charge in [0.1, 0.15) is 5.82 Å². The summed E-state index contributed by atoms with van der Waals surface area (Å²) in [6.07, 6.45) is 1.44. The van der Waals surface area contributed by atoms with Crippen LogP contribution >= 0.6 is 0 Å². The van der Waals surface area contributed by atoms with Crippen molar-refractivity contribution in [1.82, 2.24) is 9.78 Å². The minimum Gasteiger partial charge on any atom is -0.378 e. The van der Waals surface area contributed by atoms with Gasteiger partial charge in [0.05, 0.1) is 17.4 Å². The van der Waals surface area contributed by atoms with Crippen LogP contribution in [0.3, 0.4) is 0 Å². The molecule has 1 N–H and O–H groups in total. The van der Waals surface area contributed by atoms with Gasteiger partial charge in [-0.3, -0.25) is 4.79 Å². The minimum atomic E-state index is -0.184. The van der Waals surface area contributed by atoms with Crippen molar-refractivity contribution in [2.75, 3.05) is 24.3 Å². The molecule has 1 atom stereocenters. The Hall–Kier alpha value is -3.34. The molecule has 0 amide bonds. The number of para-hydroxylation sites is 1.